The van der Waals surface area contributed by atoms with Gasteiger partial charge in [0.2, 0.25) is 0 Å². The van der Waals surface area contributed by atoms with Crippen molar-refractivity contribution in [3.05, 3.63) is 157 Å². The molecule has 0 aliphatic heterocycles. The number of benzene rings is 7. The summed E-state index contributed by atoms with van der Waals surface area (Å²) in [7, 11) is 0. The average molecular weight is 579 g/mol. The Morgan fingerprint density at radius 2 is 1.18 bits per heavy atom. The van der Waals surface area contributed by atoms with E-state index in [1.807, 2.05) is 30.3 Å². The van der Waals surface area contributed by atoms with E-state index in [1.54, 1.807) is 4.80 Å². The molecule has 0 N–H and O–H groups in total. The van der Waals surface area contributed by atoms with Crippen LogP contribution in [-0.4, -0.2) is 15.0 Å². The molecule has 0 radical (unpaired) electrons. The Hall–Kier alpha value is -5.74. The molecule has 9 rings (SSSR count). The van der Waals surface area contributed by atoms with Gasteiger partial charge in [-0.3, -0.25) is 0 Å². The summed E-state index contributed by atoms with van der Waals surface area (Å²) in [6.45, 7) is 4.68. The van der Waals surface area contributed by atoms with E-state index in [9.17, 15) is 0 Å². The van der Waals surface area contributed by atoms with E-state index in [1.165, 1.54) is 27.6 Å². The van der Waals surface area contributed by atoms with Crippen LogP contribution in [0.5, 0.6) is 0 Å². The molecule has 7 aromatic carbocycles. The molecule has 0 bridgehead atoms. The van der Waals surface area contributed by atoms with Crippen LogP contribution in [0.2, 0.25) is 0 Å². The van der Waals surface area contributed by atoms with Gasteiger partial charge in [0.25, 0.3) is 0 Å². The summed E-state index contributed by atoms with van der Waals surface area (Å²) in [5.41, 5.74) is 11.4. The van der Waals surface area contributed by atoms with Crippen LogP contribution in [0.25, 0.3) is 49.4 Å². The molecule has 45 heavy (non-hydrogen) atoms. The number of fused-ring (bicyclic) bond motifs is 8. The van der Waals surface area contributed by atoms with Crippen molar-refractivity contribution in [2.45, 2.75) is 19.3 Å². The van der Waals surface area contributed by atoms with Gasteiger partial charge in [-0.15, -0.1) is 10.2 Å². The van der Waals surface area contributed by atoms with E-state index < -0.39 is 0 Å². The lowest BCUT2D eigenvalue weighted by molar-refractivity contribution is 0.660. The topological polar surface area (TPSA) is 34.0 Å². The number of aromatic nitrogens is 3. The quantitative estimate of drug-likeness (QED) is 0.195. The first-order chi connectivity index (χ1) is 22.1. The second-order valence-corrected chi connectivity index (χ2v) is 12.4. The van der Waals surface area contributed by atoms with E-state index in [0.717, 1.165) is 49.9 Å². The maximum absolute atomic E-state index is 5.02. The molecule has 4 nitrogen and oxygen atoms in total. The molecule has 0 unspecified atom stereocenters. The molecule has 4 heteroatoms. The smallest absolute Gasteiger partial charge is 0.122 e. The molecule has 0 atom stereocenters. The Bertz CT molecular complexity index is 2410. The van der Waals surface area contributed by atoms with Gasteiger partial charge in [0.05, 0.1) is 5.69 Å². The second kappa shape index (κ2) is 9.63. The van der Waals surface area contributed by atoms with Gasteiger partial charge in [0.1, 0.15) is 11.0 Å². The fourth-order valence-electron chi connectivity index (χ4n) is 7.18. The highest BCUT2D eigenvalue weighted by atomic mass is 15.5. The predicted octanol–water partition coefficient (Wildman–Crippen LogP) is 10.5. The highest BCUT2D eigenvalue weighted by Gasteiger charge is 2.35. The predicted molar refractivity (Wildman–Crippen MR) is 186 cm³/mol. The SMILES string of the molecule is CC1(C)c2ccccc2-c2ccc(N(c3ccccc3)c3ccc4ccc5ccc6nn(-c7ccccc7)nc6c5c4c3)cc21. The van der Waals surface area contributed by atoms with Crippen molar-refractivity contribution in [1.29, 1.82) is 0 Å². The molecule has 8 aromatic rings. The van der Waals surface area contributed by atoms with Gasteiger partial charge in [-0.2, -0.15) is 4.80 Å². The summed E-state index contributed by atoms with van der Waals surface area (Å²) < 4.78 is 0. The van der Waals surface area contributed by atoms with Gasteiger partial charge in [0, 0.05) is 27.9 Å². The molecule has 0 fully saturated rings. The van der Waals surface area contributed by atoms with Crippen molar-refractivity contribution in [2.75, 3.05) is 4.90 Å². The third-order valence-electron chi connectivity index (χ3n) is 9.42. The number of hydrogen-bond acceptors (Lipinski definition) is 3. The Labute approximate surface area is 261 Å². The van der Waals surface area contributed by atoms with E-state index in [0.29, 0.717) is 0 Å². The molecule has 0 saturated heterocycles. The summed E-state index contributed by atoms with van der Waals surface area (Å²) in [4.78, 5) is 4.12. The zero-order valence-electron chi connectivity index (χ0n) is 25.1. The third-order valence-corrected chi connectivity index (χ3v) is 9.42. The van der Waals surface area contributed by atoms with Crippen LogP contribution >= 0.6 is 0 Å². The van der Waals surface area contributed by atoms with Gasteiger partial charge in [-0.05, 0) is 93.0 Å². The van der Waals surface area contributed by atoms with Crippen LogP contribution in [0.4, 0.5) is 17.1 Å². The standard InChI is InChI=1S/C41H30N4/c1-41(2)36-16-10-9-15-33(36)34-23-22-32(26-37(34)41)44(29-11-5-3-6-12-29)31-21-19-27-17-18-28-20-24-38-40(39(28)35(27)25-31)43-45(42-38)30-13-7-4-8-14-30/h3-26H,1-2H3. The first-order valence-corrected chi connectivity index (χ1v) is 15.4. The minimum absolute atomic E-state index is 0.0833. The lowest BCUT2D eigenvalue weighted by Gasteiger charge is -2.28. The molecule has 1 heterocycles. The van der Waals surface area contributed by atoms with E-state index in [2.05, 4.69) is 134 Å². The highest BCUT2D eigenvalue weighted by molar-refractivity contribution is 6.19. The summed E-state index contributed by atoms with van der Waals surface area (Å²) in [5.74, 6) is 0. The number of nitrogens with zero attached hydrogens (tertiary/aromatic N) is 4. The fraction of sp³-hybridized carbons (Fsp3) is 0.0732. The van der Waals surface area contributed by atoms with Crippen molar-refractivity contribution >= 4 is 49.6 Å². The van der Waals surface area contributed by atoms with E-state index >= 15 is 0 Å². The van der Waals surface area contributed by atoms with Gasteiger partial charge < -0.3 is 4.90 Å². The summed E-state index contributed by atoms with van der Waals surface area (Å²) >= 11 is 0. The number of anilines is 3. The average Bonchev–Trinajstić information content (AvgIpc) is 3.63. The van der Waals surface area contributed by atoms with E-state index in [-0.39, 0.29) is 5.41 Å². The van der Waals surface area contributed by atoms with Crippen LogP contribution in [0.1, 0.15) is 25.0 Å². The maximum Gasteiger partial charge on any atom is 0.122 e. The number of para-hydroxylation sites is 2. The first-order valence-electron chi connectivity index (χ1n) is 15.4. The largest absolute Gasteiger partial charge is 0.310 e. The Morgan fingerprint density at radius 1 is 0.533 bits per heavy atom. The van der Waals surface area contributed by atoms with Crippen LogP contribution in [0.3, 0.4) is 0 Å². The minimum Gasteiger partial charge on any atom is -0.310 e. The molecular formula is C41H30N4. The van der Waals surface area contributed by atoms with Crippen LogP contribution in [-0.2, 0) is 5.41 Å². The van der Waals surface area contributed by atoms with Crippen molar-refractivity contribution in [2.24, 2.45) is 0 Å². The Kier molecular flexibility index (Phi) is 5.51. The molecule has 214 valence electrons. The molecule has 1 aliphatic rings. The second-order valence-electron chi connectivity index (χ2n) is 12.4. The van der Waals surface area contributed by atoms with Crippen molar-refractivity contribution in [3.63, 3.8) is 0 Å². The van der Waals surface area contributed by atoms with Crippen LogP contribution < -0.4 is 4.90 Å². The molecule has 1 aromatic heterocycles. The lowest BCUT2D eigenvalue weighted by Crippen LogP contribution is -2.16. The van der Waals surface area contributed by atoms with Crippen molar-refractivity contribution in [3.8, 4) is 16.8 Å². The summed E-state index contributed by atoms with van der Waals surface area (Å²) in [6, 6.07) is 51.9. The van der Waals surface area contributed by atoms with Gasteiger partial charge >= 0.3 is 0 Å². The van der Waals surface area contributed by atoms with Gasteiger partial charge in [-0.1, -0.05) is 105 Å². The zero-order chi connectivity index (χ0) is 30.1. The zero-order valence-corrected chi connectivity index (χ0v) is 25.1. The maximum atomic E-state index is 5.02. The van der Waals surface area contributed by atoms with Crippen molar-refractivity contribution < 1.29 is 0 Å². The molecule has 0 amide bonds. The summed E-state index contributed by atoms with van der Waals surface area (Å²) in [5, 5.41) is 14.5. The van der Waals surface area contributed by atoms with Gasteiger partial charge in [-0.25, -0.2) is 0 Å². The highest BCUT2D eigenvalue weighted by Crippen LogP contribution is 2.50. The lowest BCUT2D eigenvalue weighted by atomic mass is 9.82. The Balaban J connectivity index is 1.26. The minimum atomic E-state index is -0.0833. The van der Waals surface area contributed by atoms with Crippen molar-refractivity contribution in [1.82, 2.24) is 15.0 Å². The molecule has 1 aliphatic carbocycles. The fourth-order valence-corrected chi connectivity index (χ4v) is 7.18. The number of hydrogen-bond donors (Lipinski definition) is 0. The molecule has 0 saturated carbocycles. The first kappa shape index (κ1) is 25.7. The molecule has 0 spiro atoms. The van der Waals surface area contributed by atoms with Crippen LogP contribution in [0.15, 0.2) is 146 Å². The monoisotopic (exact) mass is 578 g/mol. The number of rotatable bonds is 4. The van der Waals surface area contributed by atoms with E-state index in [4.69, 9.17) is 10.2 Å². The van der Waals surface area contributed by atoms with Crippen LogP contribution in [0, 0.1) is 0 Å². The summed E-state index contributed by atoms with van der Waals surface area (Å²) in [6.07, 6.45) is 0. The normalized spacial score (nSPS) is 13.3. The third kappa shape index (κ3) is 3.92. The Morgan fingerprint density at radius 3 is 2.02 bits per heavy atom. The molecular weight excluding hydrogens is 548 g/mol. The van der Waals surface area contributed by atoms with Gasteiger partial charge in [0.15, 0.2) is 0 Å².